The van der Waals surface area contributed by atoms with Gasteiger partial charge in [0.2, 0.25) is 5.76 Å². The third kappa shape index (κ3) is 3.48. The largest absolute Gasteiger partial charge is 0.436 e. The number of rotatable bonds is 4. The van der Waals surface area contributed by atoms with Crippen LogP contribution in [0.15, 0.2) is 33.2 Å². The van der Waals surface area contributed by atoms with Crippen LogP contribution in [-0.4, -0.2) is 16.9 Å². The van der Waals surface area contributed by atoms with Crippen molar-refractivity contribution in [2.24, 2.45) is 0 Å². The SMILES string of the molecule is Cc1nc(C)c(C(=O)N[C@H](C)Cc2ccccc2Br)o1. The Bertz CT molecular complexity index is 622. The first-order valence-corrected chi connectivity index (χ1v) is 7.25. The quantitative estimate of drug-likeness (QED) is 0.930. The van der Waals surface area contributed by atoms with Gasteiger partial charge in [-0.3, -0.25) is 4.79 Å². The molecule has 106 valence electrons. The molecule has 0 aliphatic rings. The number of nitrogens with zero attached hydrogens (tertiary/aromatic N) is 1. The maximum atomic E-state index is 12.1. The number of oxazole rings is 1. The van der Waals surface area contributed by atoms with Crippen molar-refractivity contribution < 1.29 is 9.21 Å². The zero-order valence-corrected chi connectivity index (χ0v) is 13.3. The van der Waals surface area contributed by atoms with Gasteiger partial charge in [-0.15, -0.1) is 0 Å². The number of hydrogen-bond acceptors (Lipinski definition) is 3. The first kappa shape index (κ1) is 14.8. The number of carbonyl (C=O) groups is 1. The molecule has 20 heavy (non-hydrogen) atoms. The Morgan fingerprint density at radius 3 is 2.70 bits per heavy atom. The third-order valence-electron chi connectivity index (χ3n) is 2.97. The van der Waals surface area contributed by atoms with E-state index < -0.39 is 0 Å². The predicted molar refractivity (Wildman–Crippen MR) is 80.8 cm³/mol. The van der Waals surface area contributed by atoms with Crippen molar-refractivity contribution in [2.45, 2.75) is 33.2 Å². The molecule has 0 aliphatic heterocycles. The number of aryl methyl sites for hydroxylation is 2. The maximum absolute atomic E-state index is 12.1. The van der Waals surface area contributed by atoms with Crippen molar-refractivity contribution in [2.75, 3.05) is 0 Å². The average molecular weight is 337 g/mol. The molecule has 1 amide bonds. The second-order valence-electron chi connectivity index (χ2n) is 4.82. The second-order valence-corrected chi connectivity index (χ2v) is 5.67. The number of hydrogen-bond donors (Lipinski definition) is 1. The summed E-state index contributed by atoms with van der Waals surface area (Å²) in [5, 5.41) is 2.93. The van der Waals surface area contributed by atoms with Crippen molar-refractivity contribution in [3.63, 3.8) is 0 Å². The zero-order valence-electron chi connectivity index (χ0n) is 11.7. The molecule has 4 nitrogen and oxygen atoms in total. The molecular weight excluding hydrogens is 320 g/mol. The zero-order chi connectivity index (χ0) is 14.7. The van der Waals surface area contributed by atoms with E-state index in [1.807, 2.05) is 31.2 Å². The minimum Gasteiger partial charge on any atom is -0.436 e. The van der Waals surface area contributed by atoms with Crippen LogP contribution in [0.2, 0.25) is 0 Å². The Labute approximate surface area is 126 Å². The minimum absolute atomic E-state index is 0.00556. The molecule has 2 aromatic rings. The molecular formula is C15H17BrN2O2. The van der Waals surface area contributed by atoms with Gasteiger partial charge in [-0.2, -0.15) is 0 Å². The van der Waals surface area contributed by atoms with Crippen LogP contribution in [-0.2, 0) is 6.42 Å². The van der Waals surface area contributed by atoms with E-state index in [1.165, 1.54) is 0 Å². The molecule has 0 spiro atoms. The molecule has 1 aromatic carbocycles. The Morgan fingerprint density at radius 2 is 2.10 bits per heavy atom. The summed E-state index contributed by atoms with van der Waals surface area (Å²) in [4.78, 5) is 16.2. The molecule has 0 unspecified atom stereocenters. The molecule has 0 bridgehead atoms. The predicted octanol–water partition coefficient (Wildman–Crippen LogP) is 3.41. The van der Waals surface area contributed by atoms with Crippen molar-refractivity contribution >= 4 is 21.8 Å². The molecule has 1 heterocycles. The first-order valence-electron chi connectivity index (χ1n) is 6.45. The molecule has 5 heteroatoms. The van der Waals surface area contributed by atoms with Crippen LogP contribution in [0.5, 0.6) is 0 Å². The summed E-state index contributed by atoms with van der Waals surface area (Å²) in [7, 11) is 0. The van der Waals surface area contributed by atoms with E-state index in [0.717, 1.165) is 16.5 Å². The van der Waals surface area contributed by atoms with E-state index in [1.54, 1.807) is 13.8 Å². The van der Waals surface area contributed by atoms with Crippen LogP contribution in [0.4, 0.5) is 0 Å². The molecule has 0 saturated carbocycles. The Morgan fingerprint density at radius 1 is 1.40 bits per heavy atom. The lowest BCUT2D eigenvalue weighted by molar-refractivity contribution is 0.0910. The Kier molecular flexibility index (Phi) is 4.60. The van der Waals surface area contributed by atoms with Gasteiger partial charge < -0.3 is 9.73 Å². The van der Waals surface area contributed by atoms with E-state index in [0.29, 0.717) is 17.3 Å². The fraction of sp³-hybridized carbons (Fsp3) is 0.333. The number of benzene rings is 1. The van der Waals surface area contributed by atoms with E-state index in [4.69, 9.17) is 4.42 Å². The van der Waals surface area contributed by atoms with Crippen molar-refractivity contribution in [3.05, 3.63) is 51.6 Å². The van der Waals surface area contributed by atoms with Gasteiger partial charge in [0.25, 0.3) is 5.91 Å². The number of amides is 1. The van der Waals surface area contributed by atoms with E-state index in [9.17, 15) is 4.79 Å². The van der Waals surface area contributed by atoms with Crippen molar-refractivity contribution in [1.82, 2.24) is 10.3 Å². The lowest BCUT2D eigenvalue weighted by atomic mass is 10.1. The van der Waals surface area contributed by atoms with E-state index >= 15 is 0 Å². The Balaban J connectivity index is 2.01. The summed E-state index contributed by atoms with van der Waals surface area (Å²) in [6, 6.07) is 7.99. The summed E-state index contributed by atoms with van der Waals surface area (Å²) >= 11 is 3.51. The molecule has 1 aromatic heterocycles. The average Bonchev–Trinajstić information content (AvgIpc) is 2.71. The highest BCUT2D eigenvalue weighted by molar-refractivity contribution is 9.10. The maximum Gasteiger partial charge on any atom is 0.289 e. The van der Waals surface area contributed by atoms with E-state index in [2.05, 4.69) is 26.2 Å². The highest BCUT2D eigenvalue weighted by atomic mass is 79.9. The van der Waals surface area contributed by atoms with Gasteiger partial charge in [0.1, 0.15) is 0 Å². The highest BCUT2D eigenvalue weighted by Gasteiger charge is 2.18. The Hall–Kier alpha value is -1.62. The van der Waals surface area contributed by atoms with Crippen LogP contribution >= 0.6 is 15.9 Å². The van der Waals surface area contributed by atoms with Crippen LogP contribution < -0.4 is 5.32 Å². The number of nitrogens with one attached hydrogen (secondary N) is 1. The first-order chi connectivity index (χ1) is 9.47. The highest BCUT2D eigenvalue weighted by Crippen LogP contribution is 2.17. The standard InChI is InChI=1S/C15H17BrN2O2/c1-9(8-12-6-4-5-7-13(12)16)17-15(19)14-10(2)18-11(3)20-14/h4-7,9H,8H2,1-3H3,(H,17,19)/t9-/m1/s1. The van der Waals surface area contributed by atoms with Crippen LogP contribution in [0, 0.1) is 13.8 Å². The van der Waals surface area contributed by atoms with Gasteiger partial charge in [-0.1, -0.05) is 34.1 Å². The van der Waals surface area contributed by atoms with Crippen molar-refractivity contribution in [1.29, 1.82) is 0 Å². The second kappa shape index (κ2) is 6.22. The molecule has 0 fully saturated rings. The van der Waals surface area contributed by atoms with Gasteiger partial charge >= 0.3 is 0 Å². The third-order valence-corrected chi connectivity index (χ3v) is 3.74. The smallest absolute Gasteiger partial charge is 0.289 e. The molecule has 2 rings (SSSR count). The molecule has 0 radical (unpaired) electrons. The van der Waals surface area contributed by atoms with E-state index in [-0.39, 0.29) is 11.9 Å². The van der Waals surface area contributed by atoms with Gasteiger partial charge in [0.15, 0.2) is 5.89 Å². The fourth-order valence-electron chi connectivity index (χ4n) is 2.08. The number of halogens is 1. The fourth-order valence-corrected chi connectivity index (χ4v) is 2.52. The van der Waals surface area contributed by atoms with Gasteiger partial charge in [0.05, 0.1) is 5.69 Å². The molecule has 0 saturated heterocycles. The summed E-state index contributed by atoms with van der Waals surface area (Å²) < 4.78 is 6.37. The number of aromatic nitrogens is 1. The summed E-state index contributed by atoms with van der Waals surface area (Å²) in [6.07, 6.45) is 0.749. The number of carbonyl (C=O) groups excluding carboxylic acids is 1. The van der Waals surface area contributed by atoms with Gasteiger partial charge in [-0.25, -0.2) is 4.98 Å². The molecule has 1 N–H and O–H groups in total. The van der Waals surface area contributed by atoms with Crippen LogP contribution in [0.1, 0.15) is 34.6 Å². The summed E-state index contributed by atoms with van der Waals surface area (Å²) in [6.45, 7) is 5.47. The molecule has 0 aliphatic carbocycles. The van der Waals surface area contributed by atoms with Gasteiger partial charge in [-0.05, 0) is 31.9 Å². The van der Waals surface area contributed by atoms with Crippen LogP contribution in [0.3, 0.4) is 0 Å². The monoisotopic (exact) mass is 336 g/mol. The normalized spacial score (nSPS) is 12.2. The summed E-state index contributed by atoms with van der Waals surface area (Å²) in [5.41, 5.74) is 1.78. The van der Waals surface area contributed by atoms with Crippen molar-refractivity contribution in [3.8, 4) is 0 Å². The lowest BCUT2D eigenvalue weighted by Crippen LogP contribution is -2.34. The topological polar surface area (TPSA) is 55.1 Å². The summed E-state index contributed by atoms with van der Waals surface area (Å²) in [5.74, 6) is 0.579. The van der Waals surface area contributed by atoms with Crippen LogP contribution in [0.25, 0.3) is 0 Å². The minimum atomic E-state index is -0.220. The molecule has 1 atom stereocenters. The van der Waals surface area contributed by atoms with Gasteiger partial charge in [0, 0.05) is 17.4 Å². The lowest BCUT2D eigenvalue weighted by Gasteiger charge is -2.14.